The Morgan fingerprint density at radius 1 is 1.30 bits per heavy atom. The lowest BCUT2D eigenvalue weighted by molar-refractivity contribution is -0.116. The minimum absolute atomic E-state index is 0.145. The van der Waals surface area contributed by atoms with Crippen molar-refractivity contribution in [2.45, 2.75) is 33.4 Å². The van der Waals surface area contributed by atoms with Crippen LogP contribution in [0.15, 0.2) is 40.6 Å². The number of nitrogens with one attached hydrogen (secondary N) is 1. The number of hydrogen-bond acceptors (Lipinski definition) is 6. The molecule has 2 amide bonds. The molecule has 4 rings (SSSR count). The highest BCUT2D eigenvalue weighted by Gasteiger charge is 2.27. The second-order valence-corrected chi connectivity index (χ2v) is 8.12. The van der Waals surface area contributed by atoms with E-state index in [4.69, 9.17) is 4.42 Å². The molecule has 0 radical (unpaired) electrons. The number of oxazole rings is 1. The van der Waals surface area contributed by atoms with Crippen molar-refractivity contribution in [3.8, 4) is 0 Å². The molecule has 8 heteroatoms. The molecule has 0 bridgehead atoms. The van der Waals surface area contributed by atoms with E-state index < -0.39 is 0 Å². The Morgan fingerprint density at radius 2 is 2.17 bits per heavy atom. The van der Waals surface area contributed by atoms with Crippen LogP contribution in [0.1, 0.15) is 43.5 Å². The van der Waals surface area contributed by atoms with E-state index in [2.05, 4.69) is 15.3 Å². The lowest BCUT2D eigenvalue weighted by Crippen LogP contribution is -2.37. The highest BCUT2D eigenvalue weighted by atomic mass is 32.1. The van der Waals surface area contributed by atoms with Gasteiger partial charge in [-0.2, -0.15) is 0 Å². The highest BCUT2D eigenvalue weighted by molar-refractivity contribution is 7.10. The third kappa shape index (κ3) is 4.18. The van der Waals surface area contributed by atoms with Crippen LogP contribution in [0.4, 0.5) is 0 Å². The molecule has 3 aromatic heterocycles. The Hall–Kier alpha value is -3.26. The molecule has 0 fully saturated rings. The number of aromatic nitrogens is 2. The molecule has 3 aromatic rings. The van der Waals surface area contributed by atoms with Crippen molar-refractivity contribution in [2.75, 3.05) is 6.54 Å². The predicted molar refractivity (Wildman–Crippen MR) is 114 cm³/mol. The Labute approximate surface area is 178 Å². The van der Waals surface area contributed by atoms with Crippen LogP contribution < -0.4 is 5.32 Å². The lowest BCUT2D eigenvalue weighted by atomic mass is 9.94. The second kappa shape index (κ2) is 8.62. The molecule has 0 saturated carbocycles. The molecule has 154 valence electrons. The van der Waals surface area contributed by atoms with Gasteiger partial charge in [0.05, 0.1) is 5.69 Å². The van der Waals surface area contributed by atoms with Crippen molar-refractivity contribution < 1.29 is 14.0 Å². The first-order valence-electron chi connectivity index (χ1n) is 9.68. The summed E-state index contributed by atoms with van der Waals surface area (Å²) in [6.07, 6.45) is 7.16. The van der Waals surface area contributed by atoms with Gasteiger partial charge in [-0.15, -0.1) is 11.3 Å². The maximum atomic E-state index is 12.7. The van der Waals surface area contributed by atoms with Gasteiger partial charge in [-0.25, -0.2) is 4.98 Å². The quantitative estimate of drug-likeness (QED) is 0.638. The minimum Gasteiger partial charge on any atom is -0.438 e. The van der Waals surface area contributed by atoms with E-state index >= 15 is 0 Å². The standard InChI is InChI=1S/C22H22N4O3S/c1-14-19(11-24-20(27)6-5-17-4-3-9-30-17)18-7-8-26(12-16(18)10-23-14)22(28)21-15(2)25-13-29-21/h3-6,9-10,13H,7-8,11-12H2,1-2H3,(H,24,27)/b6-5+. The minimum atomic E-state index is -0.162. The average Bonchev–Trinajstić information content (AvgIpc) is 3.42. The zero-order valence-electron chi connectivity index (χ0n) is 16.8. The molecule has 1 N–H and O–H groups in total. The normalized spacial score (nSPS) is 13.5. The number of aryl methyl sites for hydroxylation is 2. The van der Waals surface area contributed by atoms with Crippen LogP contribution in [0, 0.1) is 13.8 Å². The van der Waals surface area contributed by atoms with Crippen LogP contribution in [-0.2, 0) is 24.3 Å². The van der Waals surface area contributed by atoms with E-state index in [0.29, 0.717) is 31.7 Å². The number of nitrogens with zero attached hydrogens (tertiary/aromatic N) is 3. The molecule has 4 heterocycles. The number of pyridine rings is 1. The number of thiophene rings is 1. The molecule has 0 spiro atoms. The smallest absolute Gasteiger partial charge is 0.291 e. The Morgan fingerprint density at radius 3 is 2.90 bits per heavy atom. The summed E-state index contributed by atoms with van der Waals surface area (Å²) in [5.41, 5.74) is 4.65. The van der Waals surface area contributed by atoms with Crippen molar-refractivity contribution >= 4 is 29.2 Å². The fourth-order valence-electron chi connectivity index (χ4n) is 3.56. The lowest BCUT2D eigenvalue weighted by Gasteiger charge is -2.30. The largest absolute Gasteiger partial charge is 0.438 e. The van der Waals surface area contributed by atoms with E-state index in [0.717, 1.165) is 27.3 Å². The molecule has 0 unspecified atom stereocenters. The Kier molecular flexibility index (Phi) is 5.76. The van der Waals surface area contributed by atoms with Crippen LogP contribution >= 0.6 is 11.3 Å². The van der Waals surface area contributed by atoms with Gasteiger partial charge in [-0.3, -0.25) is 14.6 Å². The van der Waals surface area contributed by atoms with Crippen LogP contribution in [0.2, 0.25) is 0 Å². The monoisotopic (exact) mass is 422 g/mol. The van der Waals surface area contributed by atoms with Crippen LogP contribution in [0.3, 0.4) is 0 Å². The molecule has 1 aliphatic heterocycles. The molecule has 0 aliphatic carbocycles. The summed E-state index contributed by atoms with van der Waals surface area (Å²) in [6.45, 7) is 5.14. The van der Waals surface area contributed by atoms with Gasteiger partial charge >= 0.3 is 0 Å². The molecular formula is C22H22N4O3S. The van der Waals surface area contributed by atoms with Gasteiger partial charge in [-0.1, -0.05) is 6.07 Å². The van der Waals surface area contributed by atoms with E-state index in [-0.39, 0.29) is 17.6 Å². The summed E-state index contributed by atoms with van der Waals surface area (Å²) >= 11 is 1.58. The van der Waals surface area contributed by atoms with Crippen molar-refractivity contribution in [3.05, 3.63) is 74.9 Å². The Balaban J connectivity index is 1.46. The highest BCUT2D eigenvalue weighted by Crippen LogP contribution is 2.25. The molecule has 7 nitrogen and oxygen atoms in total. The van der Waals surface area contributed by atoms with Crippen molar-refractivity contribution in [3.63, 3.8) is 0 Å². The summed E-state index contributed by atoms with van der Waals surface area (Å²) in [5, 5.41) is 4.92. The van der Waals surface area contributed by atoms with E-state index in [9.17, 15) is 9.59 Å². The van der Waals surface area contributed by atoms with Gasteiger partial charge in [0, 0.05) is 42.5 Å². The van der Waals surface area contributed by atoms with Gasteiger partial charge in [0.15, 0.2) is 6.39 Å². The van der Waals surface area contributed by atoms with Crippen molar-refractivity contribution in [2.24, 2.45) is 0 Å². The Bertz CT molecular complexity index is 1100. The zero-order chi connectivity index (χ0) is 21.1. The van der Waals surface area contributed by atoms with E-state index in [1.165, 1.54) is 6.39 Å². The second-order valence-electron chi connectivity index (χ2n) is 7.14. The summed E-state index contributed by atoms with van der Waals surface area (Å²) in [6, 6.07) is 3.91. The number of amides is 2. The third-order valence-electron chi connectivity index (χ3n) is 5.20. The van der Waals surface area contributed by atoms with Crippen LogP contribution in [-0.4, -0.2) is 33.2 Å². The molecule has 0 saturated heterocycles. The number of carbonyl (C=O) groups is 2. The van der Waals surface area contributed by atoms with E-state index in [1.54, 1.807) is 35.3 Å². The first kappa shape index (κ1) is 20.0. The van der Waals surface area contributed by atoms with Gasteiger partial charge in [0.1, 0.15) is 0 Å². The number of carbonyl (C=O) groups excluding carboxylic acids is 2. The first-order valence-corrected chi connectivity index (χ1v) is 10.6. The van der Waals surface area contributed by atoms with Gasteiger partial charge in [0.25, 0.3) is 5.91 Å². The molecule has 30 heavy (non-hydrogen) atoms. The van der Waals surface area contributed by atoms with Crippen LogP contribution in [0.25, 0.3) is 6.08 Å². The predicted octanol–water partition coefficient (Wildman–Crippen LogP) is 3.28. The number of fused-ring (bicyclic) bond motifs is 1. The summed E-state index contributed by atoms with van der Waals surface area (Å²) in [5.74, 6) is -0.0258. The number of rotatable bonds is 5. The van der Waals surface area contributed by atoms with Crippen LogP contribution in [0.5, 0.6) is 0 Å². The zero-order valence-corrected chi connectivity index (χ0v) is 17.7. The van der Waals surface area contributed by atoms with Gasteiger partial charge in [-0.05, 0) is 54.5 Å². The molecule has 1 aliphatic rings. The number of hydrogen-bond donors (Lipinski definition) is 1. The van der Waals surface area contributed by atoms with Gasteiger partial charge < -0.3 is 14.6 Å². The SMILES string of the molecule is Cc1ncoc1C(=O)N1CCc2c(cnc(C)c2CNC(=O)/C=C/c2cccs2)C1. The fourth-order valence-corrected chi connectivity index (χ4v) is 4.18. The summed E-state index contributed by atoms with van der Waals surface area (Å²) in [4.78, 5) is 36.2. The first-order chi connectivity index (χ1) is 14.5. The van der Waals surface area contributed by atoms with Crippen molar-refractivity contribution in [1.29, 1.82) is 0 Å². The third-order valence-corrected chi connectivity index (χ3v) is 6.04. The average molecular weight is 423 g/mol. The van der Waals surface area contributed by atoms with E-state index in [1.807, 2.05) is 30.6 Å². The summed E-state index contributed by atoms with van der Waals surface area (Å²) in [7, 11) is 0. The maximum absolute atomic E-state index is 12.7. The topological polar surface area (TPSA) is 88.3 Å². The molecular weight excluding hydrogens is 400 g/mol. The van der Waals surface area contributed by atoms with Gasteiger partial charge in [0.2, 0.25) is 11.7 Å². The van der Waals surface area contributed by atoms with Crippen molar-refractivity contribution in [1.82, 2.24) is 20.2 Å². The molecule has 0 atom stereocenters. The summed E-state index contributed by atoms with van der Waals surface area (Å²) < 4.78 is 5.25. The maximum Gasteiger partial charge on any atom is 0.291 e. The fraction of sp³-hybridized carbons (Fsp3) is 0.273. The molecule has 0 aromatic carbocycles.